The molecule has 2 heterocycles. The van der Waals surface area contributed by atoms with Gasteiger partial charge in [0.05, 0.1) is 10.2 Å². The molecule has 0 spiro atoms. The Hall–Kier alpha value is -1.80. The normalized spacial score (nSPS) is 11.0. The van der Waals surface area contributed by atoms with Gasteiger partial charge in [-0.2, -0.15) is 5.10 Å². The molecule has 3 rings (SSSR count). The van der Waals surface area contributed by atoms with Crippen LogP contribution < -0.4 is 5.32 Å². The number of hydrogen-bond acceptors (Lipinski definition) is 5. The first kappa shape index (κ1) is 16.1. The minimum absolute atomic E-state index is 0.260. The molecule has 0 atom stereocenters. The lowest BCUT2D eigenvalue weighted by Crippen LogP contribution is -2.05. The molecule has 0 bridgehead atoms. The largest absolute Gasteiger partial charge is 0.330 e. The second-order valence-electron chi connectivity index (χ2n) is 5.09. The van der Waals surface area contributed by atoms with Gasteiger partial charge < -0.3 is 5.32 Å². The number of aryl methyl sites for hydroxylation is 3. The molecule has 0 unspecified atom stereocenters. The van der Waals surface area contributed by atoms with Gasteiger partial charge in [-0.25, -0.2) is 4.39 Å². The van der Waals surface area contributed by atoms with Crippen molar-refractivity contribution in [3.63, 3.8) is 0 Å². The number of benzene rings is 1. The smallest absolute Gasteiger partial charge is 0.210 e. The van der Waals surface area contributed by atoms with Crippen LogP contribution >= 0.6 is 27.3 Å². The van der Waals surface area contributed by atoms with Crippen molar-refractivity contribution in [2.45, 2.75) is 26.8 Å². The van der Waals surface area contributed by atoms with Gasteiger partial charge in [0.2, 0.25) is 5.13 Å². The lowest BCUT2D eigenvalue weighted by atomic mass is 10.3. The Labute approximate surface area is 145 Å². The summed E-state index contributed by atoms with van der Waals surface area (Å²) in [5, 5.41) is 17.5. The fraction of sp³-hybridized carbons (Fsp3) is 0.267. The van der Waals surface area contributed by atoms with Crippen LogP contribution in [0.3, 0.4) is 0 Å². The lowest BCUT2D eigenvalue weighted by Gasteiger charge is -2.02. The highest BCUT2D eigenvalue weighted by atomic mass is 79.9. The van der Waals surface area contributed by atoms with Gasteiger partial charge in [-0.3, -0.25) is 4.68 Å². The first-order chi connectivity index (χ1) is 11.0. The monoisotopic (exact) mass is 395 g/mol. The maximum absolute atomic E-state index is 12.9. The van der Waals surface area contributed by atoms with Crippen molar-refractivity contribution in [3.05, 3.63) is 51.0 Å². The molecule has 1 aromatic carbocycles. The third-order valence-corrected chi connectivity index (χ3v) is 5.44. The van der Waals surface area contributed by atoms with Crippen molar-refractivity contribution < 1.29 is 4.39 Å². The van der Waals surface area contributed by atoms with Crippen LogP contribution in [-0.4, -0.2) is 20.0 Å². The quantitative estimate of drug-likeness (QED) is 0.701. The summed E-state index contributed by atoms with van der Waals surface area (Å²) in [6.45, 7) is 4.76. The fourth-order valence-electron chi connectivity index (χ4n) is 2.16. The first-order valence-corrected chi connectivity index (χ1v) is 8.68. The van der Waals surface area contributed by atoms with Crippen LogP contribution in [0.25, 0.3) is 0 Å². The van der Waals surface area contributed by atoms with Gasteiger partial charge in [0.15, 0.2) is 0 Å². The summed E-state index contributed by atoms with van der Waals surface area (Å²) in [7, 11) is 0. The molecule has 1 N–H and O–H groups in total. The van der Waals surface area contributed by atoms with E-state index in [2.05, 4.69) is 36.5 Å². The van der Waals surface area contributed by atoms with E-state index in [-0.39, 0.29) is 5.82 Å². The predicted molar refractivity (Wildman–Crippen MR) is 92.7 cm³/mol. The Morgan fingerprint density at radius 3 is 2.61 bits per heavy atom. The van der Waals surface area contributed by atoms with E-state index in [0.29, 0.717) is 5.13 Å². The van der Waals surface area contributed by atoms with E-state index >= 15 is 0 Å². The molecule has 0 aliphatic heterocycles. The van der Waals surface area contributed by atoms with Gasteiger partial charge in [0, 0.05) is 24.3 Å². The van der Waals surface area contributed by atoms with E-state index in [9.17, 15) is 4.39 Å². The minimum atomic E-state index is -0.260. The summed E-state index contributed by atoms with van der Waals surface area (Å²) in [4.78, 5) is 0. The van der Waals surface area contributed by atoms with Gasteiger partial charge in [0.25, 0.3) is 0 Å². The van der Waals surface area contributed by atoms with Crippen molar-refractivity contribution in [1.82, 2.24) is 20.0 Å². The second-order valence-corrected chi connectivity index (χ2v) is 6.95. The van der Waals surface area contributed by atoms with Gasteiger partial charge in [0.1, 0.15) is 10.8 Å². The van der Waals surface area contributed by atoms with Crippen LogP contribution in [0.1, 0.15) is 16.4 Å². The van der Waals surface area contributed by atoms with Gasteiger partial charge in [-0.15, -0.1) is 10.2 Å². The van der Waals surface area contributed by atoms with E-state index in [1.165, 1.54) is 23.5 Å². The SMILES string of the molecule is Cc1nn(CCc2nnc(Nc3ccc(F)cc3)s2)c(C)c1Br. The van der Waals surface area contributed by atoms with E-state index in [1.807, 2.05) is 18.5 Å². The summed E-state index contributed by atoms with van der Waals surface area (Å²) in [6.07, 6.45) is 0.761. The molecule has 0 fully saturated rings. The molecule has 0 saturated heterocycles. The van der Waals surface area contributed by atoms with Crippen LogP contribution in [0.5, 0.6) is 0 Å². The number of nitrogens with zero attached hydrogens (tertiary/aromatic N) is 4. The summed E-state index contributed by atoms with van der Waals surface area (Å²) >= 11 is 5.02. The molecular weight excluding hydrogens is 381 g/mol. The van der Waals surface area contributed by atoms with Gasteiger partial charge in [-0.05, 0) is 54.0 Å². The van der Waals surface area contributed by atoms with Crippen molar-refractivity contribution in [1.29, 1.82) is 0 Å². The Balaban J connectivity index is 1.63. The van der Waals surface area contributed by atoms with Gasteiger partial charge in [-0.1, -0.05) is 11.3 Å². The molecular formula is C15H15BrFN5S. The zero-order valence-corrected chi connectivity index (χ0v) is 15.1. The number of rotatable bonds is 5. The van der Waals surface area contributed by atoms with Crippen molar-refractivity contribution >= 4 is 38.1 Å². The van der Waals surface area contributed by atoms with E-state index in [0.717, 1.165) is 39.5 Å². The molecule has 0 radical (unpaired) electrons. The Morgan fingerprint density at radius 2 is 1.96 bits per heavy atom. The Kier molecular flexibility index (Phi) is 4.72. The second kappa shape index (κ2) is 6.76. The highest BCUT2D eigenvalue weighted by Crippen LogP contribution is 2.23. The van der Waals surface area contributed by atoms with Crippen LogP contribution in [0.15, 0.2) is 28.7 Å². The molecule has 2 aromatic heterocycles. The molecule has 8 heteroatoms. The first-order valence-electron chi connectivity index (χ1n) is 7.07. The number of anilines is 2. The summed E-state index contributed by atoms with van der Waals surface area (Å²) in [6, 6.07) is 6.16. The molecule has 0 aliphatic carbocycles. The van der Waals surface area contributed by atoms with E-state index in [4.69, 9.17) is 0 Å². The van der Waals surface area contributed by atoms with Crippen LogP contribution in [0, 0.1) is 19.7 Å². The Morgan fingerprint density at radius 1 is 1.22 bits per heavy atom. The molecule has 3 aromatic rings. The summed E-state index contributed by atoms with van der Waals surface area (Å²) in [5.74, 6) is -0.260. The molecule has 0 saturated carbocycles. The number of aromatic nitrogens is 4. The van der Waals surface area contributed by atoms with Crippen LogP contribution in [-0.2, 0) is 13.0 Å². The van der Waals surface area contributed by atoms with Gasteiger partial charge >= 0.3 is 0 Å². The fourth-order valence-corrected chi connectivity index (χ4v) is 3.19. The lowest BCUT2D eigenvalue weighted by molar-refractivity contribution is 0.591. The van der Waals surface area contributed by atoms with Crippen LogP contribution in [0.2, 0.25) is 0 Å². The molecule has 0 aliphatic rings. The maximum Gasteiger partial charge on any atom is 0.210 e. The summed E-state index contributed by atoms with van der Waals surface area (Å²) < 4.78 is 15.9. The average molecular weight is 396 g/mol. The number of halogens is 2. The molecule has 5 nitrogen and oxygen atoms in total. The standard InChI is InChI=1S/C15H15BrFN5S/c1-9-14(16)10(2)22(21-9)8-7-13-19-20-15(23-13)18-12-5-3-11(17)4-6-12/h3-6H,7-8H2,1-2H3,(H,18,20). The Bertz CT molecular complexity index is 812. The third kappa shape index (κ3) is 3.76. The van der Waals surface area contributed by atoms with Crippen molar-refractivity contribution in [2.75, 3.05) is 5.32 Å². The van der Waals surface area contributed by atoms with E-state index < -0.39 is 0 Å². The van der Waals surface area contributed by atoms with Crippen molar-refractivity contribution in [2.24, 2.45) is 0 Å². The maximum atomic E-state index is 12.9. The highest BCUT2D eigenvalue weighted by molar-refractivity contribution is 9.10. The highest BCUT2D eigenvalue weighted by Gasteiger charge is 2.10. The molecule has 120 valence electrons. The minimum Gasteiger partial charge on any atom is -0.330 e. The number of hydrogen-bond donors (Lipinski definition) is 1. The zero-order chi connectivity index (χ0) is 16.4. The average Bonchev–Trinajstić information content (AvgIpc) is 3.08. The molecule has 23 heavy (non-hydrogen) atoms. The predicted octanol–water partition coefficient (Wildman–Crippen LogP) is 4.24. The third-order valence-electron chi connectivity index (χ3n) is 3.39. The van der Waals surface area contributed by atoms with Crippen LogP contribution in [0.4, 0.5) is 15.2 Å². The molecule has 0 amide bonds. The van der Waals surface area contributed by atoms with E-state index in [1.54, 1.807) is 12.1 Å². The topological polar surface area (TPSA) is 55.6 Å². The summed E-state index contributed by atoms with van der Waals surface area (Å²) in [5.41, 5.74) is 2.88. The van der Waals surface area contributed by atoms with Crippen molar-refractivity contribution in [3.8, 4) is 0 Å². The number of nitrogens with one attached hydrogen (secondary N) is 1. The zero-order valence-electron chi connectivity index (χ0n) is 12.7.